The van der Waals surface area contributed by atoms with Crippen LogP contribution in [0.3, 0.4) is 0 Å². The molecule has 4 rings (SSSR count). The summed E-state index contributed by atoms with van der Waals surface area (Å²) in [5.74, 6) is -0.158. The first-order chi connectivity index (χ1) is 14.0. The number of nitrogens with zero attached hydrogens (tertiary/aromatic N) is 3. The van der Waals surface area contributed by atoms with Gasteiger partial charge in [0.25, 0.3) is 5.91 Å². The van der Waals surface area contributed by atoms with Crippen LogP contribution in [0.5, 0.6) is 0 Å². The number of aromatic nitrogens is 3. The van der Waals surface area contributed by atoms with Crippen LogP contribution in [0.4, 0.5) is 0 Å². The Labute approximate surface area is 170 Å². The molecule has 5 heteroatoms. The molecule has 2 aromatic heterocycles. The first-order valence-electron chi connectivity index (χ1n) is 9.67. The van der Waals surface area contributed by atoms with E-state index in [0.717, 1.165) is 28.2 Å². The van der Waals surface area contributed by atoms with Crippen molar-refractivity contribution < 1.29 is 4.79 Å². The summed E-state index contributed by atoms with van der Waals surface area (Å²) < 4.78 is 3.71. The van der Waals surface area contributed by atoms with E-state index in [1.54, 1.807) is 4.68 Å². The fourth-order valence-electron chi connectivity index (χ4n) is 3.37. The van der Waals surface area contributed by atoms with Gasteiger partial charge < -0.3 is 9.88 Å². The van der Waals surface area contributed by atoms with Crippen LogP contribution in [-0.4, -0.2) is 20.3 Å². The van der Waals surface area contributed by atoms with E-state index in [2.05, 4.69) is 5.32 Å². The number of carbonyl (C=O) groups excluding carboxylic acids is 1. The van der Waals surface area contributed by atoms with Gasteiger partial charge in [-0.2, -0.15) is 5.10 Å². The number of benzene rings is 2. The number of hydrogen-bond donors (Lipinski definition) is 1. The Morgan fingerprint density at radius 3 is 2.38 bits per heavy atom. The van der Waals surface area contributed by atoms with Gasteiger partial charge in [-0.1, -0.05) is 48.0 Å². The Morgan fingerprint density at radius 2 is 1.72 bits per heavy atom. The second kappa shape index (κ2) is 7.80. The lowest BCUT2D eigenvalue weighted by atomic mass is 10.1. The zero-order valence-corrected chi connectivity index (χ0v) is 16.8. The Balaban J connectivity index is 1.72. The Bertz CT molecular complexity index is 1120. The van der Waals surface area contributed by atoms with Crippen LogP contribution in [0.1, 0.15) is 34.6 Å². The Kier molecular flexibility index (Phi) is 5.04. The van der Waals surface area contributed by atoms with Crippen molar-refractivity contribution in [2.75, 3.05) is 0 Å². The van der Waals surface area contributed by atoms with Gasteiger partial charge in [0.1, 0.15) is 11.4 Å². The van der Waals surface area contributed by atoms with Crippen LogP contribution in [0, 0.1) is 6.92 Å². The summed E-state index contributed by atoms with van der Waals surface area (Å²) in [6, 6.07) is 23.7. The van der Waals surface area contributed by atoms with Crippen molar-refractivity contribution in [3.63, 3.8) is 0 Å². The minimum atomic E-state index is -0.158. The highest BCUT2D eigenvalue weighted by molar-refractivity contribution is 5.94. The number of rotatable bonds is 5. The molecule has 1 amide bonds. The molecule has 0 bridgehead atoms. The number of aryl methyl sites for hydroxylation is 2. The van der Waals surface area contributed by atoms with Crippen molar-refractivity contribution in [3.8, 4) is 17.1 Å². The van der Waals surface area contributed by atoms with Gasteiger partial charge in [-0.15, -0.1) is 0 Å². The molecular formula is C24H24N4O. The molecule has 29 heavy (non-hydrogen) atoms. The average Bonchev–Trinajstić information content (AvgIpc) is 3.35. The molecule has 0 aliphatic rings. The van der Waals surface area contributed by atoms with Crippen molar-refractivity contribution in [1.29, 1.82) is 0 Å². The second-order valence-corrected chi connectivity index (χ2v) is 7.27. The Hall–Kier alpha value is -3.60. The second-order valence-electron chi connectivity index (χ2n) is 7.27. The molecule has 2 heterocycles. The number of amides is 1. The third-order valence-corrected chi connectivity index (χ3v) is 5.07. The van der Waals surface area contributed by atoms with Gasteiger partial charge in [0, 0.05) is 13.2 Å². The fourth-order valence-corrected chi connectivity index (χ4v) is 3.37. The van der Waals surface area contributed by atoms with E-state index in [9.17, 15) is 4.79 Å². The summed E-state index contributed by atoms with van der Waals surface area (Å²) >= 11 is 0. The van der Waals surface area contributed by atoms with Gasteiger partial charge in [0.15, 0.2) is 0 Å². The number of carbonyl (C=O) groups is 1. The maximum absolute atomic E-state index is 13.2. The molecular weight excluding hydrogens is 360 g/mol. The SMILES string of the molecule is Cc1ccc(-n2nc(-c3cccn3C)cc2C(=O)NC(C)c2ccccc2)cc1. The lowest BCUT2D eigenvalue weighted by Crippen LogP contribution is -2.28. The summed E-state index contributed by atoms with van der Waals surface area (Å²) in [5, 5.41) is 7.85. The largest absolute Gasteiger partial charge is 0.349 e. The van der Waals surface area contributed by atoms with Crippen LogP contribution >= 0.6 is 0 Å². The topological polar surface area (TPSA) is 51.9 Å². The first kappa shape index (κ1) is 18.7. The maximum Gasteiger partial charge on any atom is 0.270 e. The van der Waals surface area contributed by atoms with Crippen LogP contribution in [0.25, 0.3) is 17.1 Å². The van der Waals surface area contributed by atoms with E-state index < -0.39 is 0 Å². The van der Waals surface area contributed by atoms with E-state index in [4.69, 9.17) is 5.10 Å². The van der Waals surface area contributed by atoms with E-state index in [1.807, 2.05) is 104 Å². The van der Waals surface area contributed by atoms with Gasteiger partial charge in [-0.3, -0.25) is 4.79 Å². The lowest BCUT2D eigenvalue weighted by Gasteiger charge is -2.15. The molecule has 0 saturated carbocycles. The predicted molar refractivity (Wildman–Crippen MR) is 115 cm³/mol. The molecule has 1 atom stereocenters. The Morgan fingerprint density at radius 1 is 1.00 bits per heavy atom. The number of nitrogens with one attached hydrogen (secondary N) is 1. The lowest BCUT2D eigenvalue weighted by molar-refractivity contribution is 0.0932. The molecule has 5 nitrogen and oxygen atoms in total. The molecule has 146 valence electrons. The van der Waals surface area contributed by atoms with E-state index in [-0.39, 0.29) is 11.9 Å². The first-order valence-corrected chi connectivity index (χ1v) is 9.67. The zero-order chi connectivity index (χ0) is 20.4. The van der Waals surface area contributed by atoms with Gasteiger partial charge >= 0.3 is 0 Å². The standard InChI is InChI=1S/C24H24N4O/c1-17-11-13-20(14-12-17)28-23(16-21(26-28)22-10-7-15-27(22)3)24(29)25-18(2)19-8-5-4-6-9-19/h4-16,18H,1-3H3,(H,25,29). The van der Waals surface area contributed by atoms with Gasteiger partial charge in [-0.05, 0) is 49.7 Å². The van der Waals surface area contributed by atoms with Crippen LogP contribution in [0.2, 0.25) is 0 Å². The minimum Gasteiger partial charge on any atom is -0.349 e. The molecule has 0 spiro atoms. The molecule has 0 radical (unpaired) electrons. The molecule has 0 saturated heterocycles. The average molecular weight is 384 g/mol. The van der Waals surface area contributed by atoms with Gasteiger partial charge in [0.05, 0.1) is 17.4 Å². The van der Waals surface area contributed by atoms with Crippen molar-refractivity contribution in [2.24, 2.45) is 7.05 Å². The third-order valence-electron chi connectivity index (χ3n) is 5.07. The van der Waals surface area contributed by atoms with Crippen molar-refractivity contribution in [3.05, 3.63) is 95.8 Å². The molecule has 1 N–H and O–H groups in total. The highest BCUT2D eigenvalue weighted by atomic mass is 16.2. The summed E-state index contributed by atoms with van der Waals surface area (Å²) in [6.45, 7) is 4.02. The molecule has 2 aromatic carbocycles. The minimum absolute atomic E-state index is 0.108. The molecule has 0 aliphatic carbocycles. The van der Waals surface area contributed by atoms with Crippen LogP contribution < -0.4 is 5.32 Å². The van der Waals surface area contributed by atoms with E-state index in [0.29, 0.717) is 5.69 Å². The molecule has 0 aliphatic heterocycles. The summed E-state index contributed by atoms with van der Waals surface area (Å²) in [5.41, 5.74) is 5.30. The predicted octanol–water partition coefficient (Wildman–Crippen LogP) is 4.68. The quantitative estimate of drug-likeness (QED) is 0.543. The maximum atomic E-state index is 13.2. The highest BCUT2D eigenvalue weighted by Gasteiger charge is 2.20. The van der Waals surface area contributed by atoms with E-state index in [1.165, 1.54) is 0 Å². The summed E-state index contributed by atoms with van der Waals surface area (Å²) in [6.07, 6.45) is 1.97. The highest BCUT2D eigenvalue weighted by Crippen LogP contribution is 2.23. The van der Waals surface area contributed by atoms with Crippen molar-refractivity contribution in [1.82, 2.24) is 19.7 Å². The van der Waals surface area contributed by atoms with Crippen molar-refractivity contribution in [2.45, 2.75) is 19.9 Å². The summed E-state index contributed by atoms with van der Waals surface area (Å²) in [7, 11) is 1.97. The molecule has 4 aromatic rings. The summed E-state index contributed by atoms with van der Waals surface area (Å²) in [4.78, 5) is 13.2. The fraction of sp³-hybridized carbons (Fsp3) is 0.167. The van der Waals surface area contributed by atoms with Crippen LogP contribution in [0.15, 0.2) is 79.0 Å². The third kappa shape index (κ3) is 3.85. The smallest absolute Gasteiger partial charge is 0.270 e. The normalized spacial score (nSPS) is 12.0. The number of hydrogen-bond acceptors (Lipinski definition) is 2. The van der Waals surface area contributed by atoms with Crippen LogP contribution in [-0.2, 0) is 7.05 Å². The van der Waals surface area contributed by atoms with Gasteiger partial charge in [-0.25, -0.2) is 4.68 Å². The van der Waals surface area contributed by atoms with Crippen molar-refractivity contribution >= 4 is 5.91 Å². The monoisotopic (exact) mass is 384 g/mol. The van der Waals surface area contributed by atoms with E-state index >= 15 is 0 Å². The molecule has 1 unspecified atom stereocenters. The molecule has 0 fully saturated rings. The van der Waals surface area contributed by atoms with Gasteiger partial charge in [0.2, 0.25) is 0 Å². The zero-order valence-electron chi connectivity index (χ0n) is 16.8.